The van der Waals surface area contributed by atoms with Crippen molar-refractivity contribution in [1.29, 1.82) is 0 Å². The van der Waals surface area contributed by atoms with Crippen molar-refractivity contribution in [2.45, 2.75) is 57.0 Å². The maximum Gasteiger partial charge on any atom is 0.122 e. The van der Waals surface area contributed by atoms with Crippen LogP contribution in [0.1, 0.15) is 49.7 Å². The lowest BCUT2D eigenvalue weighted by Gasteiger charge is -2.57. The Bertz CT molecular complexity index is 552. The summed E-state index contributed by atoms with van der Waals surface area (Å²) in [5.41, 5.74) is 3.39. The first-order chi connectivity index (χ1) is 10.7. The van der Waals surface area contributed by atoms with E-state index in [0.717, 1.165) is 30.1 Å². The maximum atomic E-state index is 5.91. The van der Waals surface area contributed by atoms with Crippen molar-refractivity contribution >= 4 is 0 Å². The molecule has 1 unspecified atom stereocenters. The molecule has 5 aliphatic rings. The first-order valence-electron chi connectivity index (χ1n) is 9.06. The summed E-state index contributed by atoms with van der Waals surface area (Å²) in [4.78, 5) is 0. The van der Waals surface area contributed by atoms with Gasteiger partial charge in [0.05, 0.1) is 6.61 Å². The van der Waals surface area contributed by atoms with Crippen molar-refractivity contribution in [2.24, 2.45) is 17.8 Å². The van der Waals surface area contributed by atoms with E-state index in [2.05, 4.69) is 25.1 Å². The SMILES string of the molecule is Cc1cc(C23CC4CC(CC(C4)C2)C3)ccc1OCC1CO1. The first kappa shape index (κ1) is 13.4. The molecule has 1 aliphatic heterocycles. The van der Waals surface area contributed by atoms with E-state index in [9.17, 15) is 0 Å². The molecule has 0 radical (unpaired) electrons. The zero-order valence-corrected chi connectivity index (χ0v) is 13.5. The fraction of sp³-hybridized carbons (Fsp3) is 0.700. The van der Waals surface area contributed by atoms with Crippen LogP contribution in [-0.2, 0) is 10.2 Å². The van der Waals surface area contributed by atoms with Gasteiger partial charge in [-0.25, -0.2) is 0 Å². The number of hydrogen-bond acceptors (Lipinski definition) is 2. The molecule has 1 atom stereocenters. The molecule has 2 heteroatoms. The lowest BCUT2D eigenvalue weighted by molar-refractivity contribution is -0.00523. The van der Waals surface area contributed by atoms with Crippen molar-refractivity contribution in [3.05, 3.63) is 29.3 Å². The molecule has 5 fully saturated rings. The van der Waals surface area contributed by atoms with Gasteiger partial charge in [0, 0.05) is 0 Å². The predicted molar refractivity (Wildman–Crippen MR) is 86.3 cm³/mol. The second-order valence-electron chi connectivity index (χ2n) is 8.44. The van der Waals surface area contributed by atoms with Gasteiger partial charge in [-0.15, -0.1) is 0 Å². The summed E-state index contributed by atoms with van der Waals surface area (Å²) in [7, 11) is 0. The molecule has 6 rings (SSSR count). The Morgan fingerprint density at radius 3 is 2.27 bits per heavy atom. The summed E-state index contributed by atoms with van der Waals surface area (Å²) >= 11 is 0. The lowest BCUT2D eigenvalue weighted by atomic mass is 9.48. The third-order valence-electron chi connectivity index (χ3n) is 6.65. The zero-order valence-electron chi connectivity index (χ0n) is 13.5. The molecular weight excluding hydrogens is 272 g/mol. The topological polar surface area (TPSA) is 21.8 Å². The van der Waals surface area contributed by atoms with E-state index in [-0.39, 0.29) is 0 Å². The Kier molecular flexibility index (Phi) is 2.89. The molecule has 1 aromatic rings. The Morgan fingerprint density at radius 2 is 1.73 bits per heavy atom. The highest BCUT2D eigenvalue weighted by atomic mass is 16.6. The number of rotatable bonds is 4. The molecule has 4 aliphatic carbocycles. The Hall–Kier alpha value is -1.02. The highest BCUT2D eigenvalue weighted by Crippen LogP contribution is 2.60. The van der Waals surface area contributed by atoms with Crippen LogP contribution in [0, 0.1) is 24.7 Å². The predicted octanol–water partition coefficient (Wildman–Crippen LogP) is 4.24. The normalized spacial score (nSPS) is 41.7. The summed E-state index contributed by atoms with van der Waals surface area (Å²) in [5.74, 6) is 4.07. The summed E-state index contributed by atoms with van der Waals surface area (Å²) < 4.78 is 11.1. The molecule has 1 saturated heterocycles. The maximum absolute atomic E-state index is 5.91. The summed E-state index contributed by atoms with van der Waals surface area (Å²) in [6.07, 6.45) is 9.20. The smallest absolute Gasteiger partial charge is 0.122 e. The van der Waals surface area contributed by atoms with Gasteiger partial charge in [0.15, 0.2) is 0 Å². The van der Waals surface area contributed by atoms with Gasteiger partial charge in [0.25, 0.3) is 0 Å². The number of benzene rings is 1. The Labute approximate surface area is 133 Å². The molecule has 2 nitrogen and oxygen atoms in total. The number of hydrogen-bond donors (Lipinski definition) is 0. The van der Waals surface area contributed by atoms with Crippen LogP contribution in [0.15, 0.2) is 18.2 Å². The van der Waals surface area contributed by atoms with Gasteiger partial charge in [0.1, 0.15) is 18.5 Å². The highest BCUT2D eigenvalue weighted by Gasteiger charge is 2.51. The Morgan fingerprint density at radius 1 is 1.09 bits per heavy atom. The molecule has 118 valence electrons. The standard InChI is InChI=1S/C20H26O2/c1-13-4-17(2-3-19(13)22-12-18-11-21-18)20-8-14-5-15(9-20)7-16(6-14)10-20/h2-4,14-16,18H,5-12H2,1H3. The van der Waals surface area contributed by atoms with E-state index in [1.807, 2.05) is 0 Å². The average molecular weight is 298 g/mol. The van der Waals surface area contributed by atoms with Crippen molar-refractivity contribution in [1.82, 2.24) is 0 Å². The molecule has 0 spiro atoms. The number of aryl methyl sites for hydroxylation is 1. The largest absolute Gasteiger partial charge is 0.491 e. The second-order valence-corrected chi connectivity index (χ2v) is 8.44. The molecule has 0 amide bonds. The fourth-order valence-electron chi connectivity index (χ4n) is 5.95. The minimum absolute atomic E-state index is 0.335. The zero-order chi connectivity index (χ0) is 14.7. The molecule has 4 saturated carbocycles. The number of ether oxygens (including phenoxy) is 2. The van der Waals surface area contributed by atoms with E-state index in [0.29, 0.717) is 18.1 Å². The molecular formula is C20H26O2. The van der Waals surface area contributed by atoms with Gasteiger partial charge >= 0.3 is 0 Å². The van der Waals surface area contributed by atoms with Crippen LogP contribution in [0.2, 0.25) is 0 Å². The molecule has 0 aromatic heterocycles. The van der Waals surface area contributed by atoms with Gasteiger partial charge in [-0.05, 0) is 85.8 Å². The van der Waals surface area contributed by atoms with Crippen LogP contribution in [0.25, 0.3) is 0 Å². The van der Waals surface area contributed by atoms with Gasteiger partial charge < -0.3 is 9.47 Å². The number of epoxide rings is 1. The summed E-state index contributed by atoms with van der Waals surface area (Å²) in [5, 5.41) is 0. The van der Waals surface area contributed by atoms with Crippen LogP contribution >= 0.6 is 0 Å². The van der Waals surface area contributed by atoms with Gasteiger partial charge in [-0.3, -0.25) is 0 Å². The quantitative estimate of drug-likeness (QED) is 0.776. The summed E-state index contributed by atoms with van der Waals surface area (Å²) in [6.45, 7) is 3.77. The molecule has 1 aromatic carbocycles. The van der Waals surface area contributed by atoms with Crippen LogP contribution in [0.4, 0.5) is 0 Å². The van der Waals surface area contributed by atoms with Crippen molar-refractivity contribution in [3.8, 4) is 5.75 Å². The molecule has 0 N–H and O–H groups in total. The monoisotopic (exact) mass is 298 g/mol. The van der Waals surface area contributed by atoms with Crippen molar-refractivity contribution in [3.63, 3.8) is 0 Å². The van der Waals surface area contributed by atoms with E-state index in [1.165, 1.54) is 44.1 Å². The minimum Gasteiger partial charge on any atom is -0.491 e. The van der Waals surface area contributed by atoms with Gasteiger partial charge in [-0.2, -0.15) is 0 Å². The van der Waals surface area contributed by atoms with Crippen LogP contribution in [0.3, 0.4) is 0 Å². The second kappa shape index (κ2) is 4.74. The van der Waals surface area contributed by atoms with Crippen molar-refractivity contribution in [2.75, 3.05) is 13.2 Å². The Balaban J connectivity index is 1.41. The third kappa shape index (κ3) is 2.19. The lowest BCUT2D eigenvalue weighted by Crippen LogP contribution is -2.48. The average Bonchev–Trinajstić information content (AvgIpc) is 3.28. The fourth-order valence-corrected chi connectivity index (χ4v) is 5.95. The van der Waals surface area contributed by atoms with Crippen LogP contribution in [-0.4, -0.2) is 19.3 Å². The molecule has 1 heterocycles. The van der Waals surface area contributed by atoms with Crippen molar-refractivity contribution < 1.29 is 9.47 Å². The first-order valence-corrected chi connectivity index (χ1v) is 9.06. The van der Waals surface area contributed by atoms with E-state index in [4.69, 9.17) is 9.47 Å². The molecule has 4 bridgehead atoms. The van der Waals surface area contributed by atoms with E-state index >= 15 is 0 Å². The summed E-state index contributed by atoms with van der Waals surface area (Å²) in [6, 6.07) is 7.01. The van der Waals surface area contributed by atoms with Crippen LogP contribution < -0.4 is 4.74 Å². The van der Waals surface area contributed by atoms with E-state index in [1.54, 1.807) is 5.56 Å². The highest BCUT2D eigenvalue weighted by molar-refractivity contribution is 5.40. The van der Waals surface area contributed by atoms with Gasteiger partial charge in [0.2, 0.25) is 0 Å². The third-order valence-corrected chi connectivity index (χ3v) is 6.65. The van der Waals surface area contributed by atoms with Gasteiger partial charge in [-0.1, -0.05) is 12.1 Å². The molecule has 22 heavy (non-hydrogen) atoms. The van der Waals surface area contributed by atoms with Crippen LogP contribution in [0.5, 0.6) is 5.75 Å². The van der Waals surface area contributed by atoms with E-state index < -0.39 is 0 Å². The minimum atomic E-state index is 0.335.